The van der Waals surface area contributed by atoms with Gasteiger partial charge < -0.3 is 18.6 Å². The maximum atomic E-state index is 13.9. The standard InChI is InChI=1S/C50H28F4N2O2/c51-31-3-11-35(12-4-31)55(36-13-5-32(52)6-14-36)39-19-23-41-29(27-39)1-21-43-44-25-26-46-47(50(44)58-48(41)43)45-22-2-30-28-40(20-24-42(30)49(45)57-46)56(37-15-7-33(53)8-16-37)38-17-9-34(54)10-18-38/h1-28H. The molecule has 278 valence electrons. The summed E-state index contributed by atoms with van der Waals surface area (Å²) in [6.07, 6.45) is 0. The van der Waals surface area contributed by atoms with Gasteiger partial charge in [0.05, 0.1) is 5.39 Å². The lowest BCUT2D eigenvalue weighted by atomic mass is 10.0. The summed E-state index contributed by atoms with van der Waals surface area (Å²) in [5, 5.41) is 7.39. The van der Waals surface area contributed by atoms with Crippen molar-refractivity contribution in [1.82, 2.24) is 0 Å². The molecule has 2 aromatic heterocycles. The first-order valence-electron chi connectivity index (χ1n) is 18.7. The topological polar surface area (TPSA) is 32.8 Å². The van der Waals surface area contributed by atoms with E-state index in [1.54, 1.807) is 48.5 Å². The molecule has 11 aromatic rings. The van der Waals surface area contributed by atoms with E-state index in [4.69, 9.17) is 8.83 Å². The minimum atomic E-state index is -0.345. The number of anilines is 6. The maximum Gasteiger partial charge on any atom is 0.147 e. The van der Waals surface area contributed by atoms with E-state index in [0.717, 1.165) is 94.0 Å². The number of halogens is 4. The highest BCUT2D eigenvalue weighted by Gasteiger charge is 2.21. The average Bonchev–Trinajstić information content (AvgIpc) is 3.83. The predicted molar refractivity (Wildman–Crippen MR) is 225 cm³/mol. The number of hydrogen-bond donors (Lipinski definition) is 0. The lowest BCUT2D eigenvalue weighted by molar-refractivity contribution is 0.627. The van der Waals surface area contributed by atoms with Gasteiger partial charge in [-0.2, -0.15) is 0 Å². The van der Waals surface area contributed by atoms with Gasteiger partial charge >= 0.3 is 0 Å². The summed E-state index contributed by atoms with van der Waals surface area (Å²) >= 11 is 0. The first-order valence-corrected chi connectivity index (χ1v) is 18.7. The number of nitrogens with zero attached hydrogens (tertiary/aromatic N) is 2. The third-order valence-corrected chi connectivity index (χ3v) is 10.9. The summed E-state index contributed by atoms with van der Waals surface area (Å²) in [6, 6.07) is 49.2. The van der Waals surface area contributed by atoms with E-state index in [2.05, 4.69) is 18.2 Å². The van der Waals surface area contributed by atoms with Crippen molar-refractivity contribution in [2.45, 2.75) is 0 Å². The average molecular weight is 765 g/mol. The van der Waals surface area contributed by atoms with Gasteiger partial charge in [-0.15, -0.1) is 0 Å². The zero-order valence-corrected chi connectivity index (χ0v) is 30.4. The van der Waals surface area contributed by atoms with Crippen molar-refractivity contribution in [2.24, 2.45) is 0 Å². The largest absolute Gasteiger partial charge is 0.455 e. The Morgan fingerprint density at radius 2 is 0.638 bits per heavy atom. The van der Waals surface area contributed by atoms with Gasteiger partial charge in [0, 0.05) is 61.1 Å². The van der Waals surface area contributed by atoms with E-state index in [0.29, 0.717) is 5.58 Å². The van der Waals surface area contributed by atoms with Crippen LogP contribution in [0.4, 0.5) is 51.7 Å². The number of benzene rings is 9. The minimum absolute atomic E-state index is 0.344. The van der Waals surface area contributed by atoms with Crippen LogP contribution >= 0.6 is 0 Å². The van der Waals surface area contributed by atoms with Crippen molar-refractivity contribution in [2.75, 3.05) is 9.80 Å². The highest BCUT2D eigenvalue weighted by atomic mass is 19.1. The maximum absolute atomic E-state index is 13.9. The van der Waals surface area contributed by atoms with Crippen molar-refractivity contribution in [1.29, 1.82) is 0 Å². The molecule has 0 amide bonds. The fourth-order valence-corrected chi connectivity index (χ4v) is 8.17. The van der Waals surface area contributed by atoms with Crippen LogP contribution in [0.2, 0.25) is 0 Å². The van der Waals surface area contributed by atoms with Crippen LogP contribution in [0.1, 0.15) is 0 Å². The molecule has 0 N–H and O–H groups in total. The molecule has 0 aliphatic heterocycles. The van der Waals surface area contributed by atoms with Crippen molar-refractivity contribution < 1.29 is 26.4 Å². The third kappa shape index (κ3) is 5.44. The molecular weight excluding hydrogens is 737 g/mol. The zero-order valence-electron chi connectivity index (χ0n) is 30.4. The zero-order chi connectivity index (χ0) is 39.1. The smallest absolute Gasteiger partial charge is 0.147 e. The van der Waals surface area contributed by atoms with Gasteiger partial charge in [-0.1, -0.05) is 12.1 Å². The van der Waals surface area contributed by atoms with Crippen LogP contribution in [-0.4, -0.2) is 0 Å². The highest BCUT2D eigenvalue weighted by Crippen LogP contribution is 2.45. The van der Waals surface area contributed by atoms with E-state index >= 15 is 0 Å². The predicted octanol–water partition coefficient (Wildman–Crippen LogP) is 15.3. The van der Waals surface area contributed by atoms with Crippen LogP contribution in [0, 0.1) is 23.3 Å². The summed E-state index contributed by atoms with van der Waals surface area (Å²) in [7, 11) is 0. The Bertz CT molecular complexity index is 3280. The molecule has 0 radical (unpaired) electrons. The van der Waals surface area contributed by atoms with Crippen LogP contribution in [-0.2, 0) is 0 Å². The summed E-state index contributed by atoms with van der Waals surface area (Å²) in [5.41, 5.74) is 7.42. The molecule has 0 saturated heterocycles. The van der Waals surface area contributed by atoms with E-state index in [9.17, 15) is 17.6 Å². The summed E-state index contributed by atoms with van der Waals surface area (Å²) < 4.78 is 69.2. The third-order valence-electron chi connectivity index (χ3n) is 10.9. The molecule has 0 atom stereocenters. The first-order chi connectivity index (χ1) is 28.4. The molecule has 2 heterocycles. The van der Waals surface area contributed by atoms with E-state index in [1.165, 1.54) is 48.5 Å². The Morgan fingerprint density at radius 3 is 1.09 bits per heavy atom. The first kappa shape index (κ1) is 33.7. The number of hydrogen-bond acceptors (Lipinski definition) is 4. The second kappa shape index (κ2) is 13.0. The second-order valence-electron chi connectivity index (χ2n) is 14.3. The lowest BCUT2D eigenvalue weighted by Gasteiger charge is -2.25. The van der Waals surface area contributed by atoms with Gasteiger partial charge in [0.25, 0.3) is 0 Å². The van der Waals surface area contributed by atoms with Gasteiger partial charge in [-0.05, 0) is 168 Å². The molecule has 8 heteroatoms. The molecule has 0 unspecified atom stereocenters. The number of furan rings is 2. The molecule has 0 aliphatic rings. The molecular formula is C50H28F4N2O2. The Kier molecular flexibility index (Phi) is 7.56. The van der Waals surface area contributed by atoms with E-state index in [-0.39, 0.29) is 23.3 Å². The van der Waals surface area contributed by atoms with Gasteiger partial charge in [-0.3, -0.25) is 0 Å². The van der Waals surface area contributed by atoms with Crippen molar-refractivity contribution in [3.63, 3.8) is 0 Å². The fourth-order valence-electron chi connectivity index (χ4n) is 8.17. The molecule has 9 aromatic carbocycles. The summed E-state index contributed by atoms with van der Waals surface area (Å²) in [5.74, 6) is -1.38. The highest BCUT2D eigenvalue weighted by molar-refractivity contribution is 6.27. The Morgan fingerprint density at radius 1 is 0.293 bits per heavy atom. The summed E-state index contributed by atoms with van der Waals surface area (Å²) in [6.45, 7) is 0. The number of rotatable bonds is 6. The van der Waals surface area contributed by atoms with E-state index < -0.39 is 0 Å². The van der Waals surface area contributed by atoms with Crippen LogP contribution in [0.15, 0.2) is 179 Å². The minimum Gasteiger partial charge on any atom is -0.455 e. The lowest BCUT2D eigenvalue weighted by Crippen LogP contribution is -2.10. The molecule has 58 heavy (non-hydrogen) atoms. The molecule has 0 bridgehead atoms. The number of fused-ring (bicyclic) bond motifs is 11. The Labute approximate surface area is 328 Å². The van der Waals surface area contributed by atoms with Gasteiger partial charge in [0.1, 0.15) is 45.6 Å². The molecule has 4 nitrogen and oxygen atoms in total. The van der Waals surface area contributed by atoms with Crippen molar-refractivity contribution in [3.05, 3.63) is 193 Å². The monoisotopic (exact) mass is 764 g/mol. The second-order valence-corrected chi connectivity index (χ2v) is 14.3. The molecule has 0 spiro atoms. The van der Waals surface area contributed by atoms with Crippen molar-refractivity contribution in [3.8, 4) is 0 Å². The normalized spacial score (nSPS) is 11.8. The summed E-state index contributed by atoms with van der Waals surface area (Å²) in [4.78, 5) is 3.91. The van der Waals surface area contributed by atoms with Crippen LogP contribution in [0.5, 0.6) is 0 Å². The molecule has 0 aliphatic carbocycles. The molecule has 0 saturated carbocycles. The molecule has 0 fully saturated rings. The fraction of sp³-hybridized carbons (Fsp3) is 0. The van der Waals surface area contributed by atoms with Crippen LogP contribution in [0.25, 0.3) is 65.4 Å². The molecule has 11 rings (SSSR count). The van der Waals surface area contributed by atoms with Gasteiger partial charge in [-0.25, -0.2) is 17.6 Å². The van der Waals surface area contributed by atoms with Gasteiger partial charge in [0.15, 0.2) is 0 Å². The van der Waals surface area contributed by atoms with E-state index in [1.807, 2.05) is 64.4 Å². The van der Waals surface area contributed by atoms with Crippen LogP contribution in [0.3, 0.4) is 0 Å². The van der Waals surface area contributed by atoms with Crippen molar-refractivity contribution >= 4 is 99.5 Å². The SMILES string of the molecule is Fc1ccc(N(c2ccc(F)cc2)c2ccc3c(ccc4c5ccc6oc7c8ccc(N(c9ccc(F)cc9)c9ccc(F)cc9)cc8ccc7c6c5oc34)c2)cc1. The Hall–Kier alpha value is -7.58. The van der Waals surface area contributed by atoms with Crippen LogP contribution < -0.4 is 9.80 Å². The Balaban J connectivity index is 1.04. The quantitative estimate of drug-likeness (QED) is 0.158. The van der Waals surface area contributed by atoms with Gasteiger partial charge in [0.2, 0.25) is 0 Å².